The summed E-state index contributed by atoms with van der Waals surface area (Å²) in [6, 6.07) is 0. The van der Waals surface area contributed by atoms with Gasteiger partial charge in [0.25, 0.3) is 16.7 Å². The number of imidazole rings is 3. The van der Waals surface area contributed by atoms with E-state index in [0.29, 0.717) is 41.9 Å². The molecular formula is C45H61N19O17. The summed E-state index contributed by atoms with van der Waals surface area (Å²) in [5.74, 6) is 0.180. The lowest BCUT2D eigenvalue weighted by atomic mass is 10.2. The summed E-state index contributed by atoms with van der Waals surface area (Å²) in [6.45, 7) is -0.443. The van der Waals surface area contributed by atoms with E-state index >= 15 is 0 Å². The van der Waals surface area contributed by atoms with Crippen LogP contribution < -0.4 is 49.2 Å². The molecule has 36 nitrogen and oxygen atoms in total. The fourth-order valence-corrected chi connectivity index (χ4v) is 9.77. The second-order valence-corrected chi connectivity index (χ2v) is 19.0. The molecule has 0 radical (unpaired) electrons. The summed E-state index contributed by atoms with van der Waals surface area (Å²) in [5.41, 5.74) is 23.5. The quantitative estimate of drug-likeness (QED) is 0.0576. The second kappa shape index (κ2) is 24.1. The van der Waals surface area contributed by atoms with Gasteiger partial charge < -0.3 is 86.7 Å². The molecule has 0 aromatic carbocycles. The van der Waals surface area contributed by atoms with Gasteiger partial charge in [0.1, 0.15) is 49.3 Å². The fourth-order valence-electron chi connectivity index (χ4n) is 9.77. The number of nitrogen functional groups attached to an aromatic ring is 4. The van der Waals surface area contributed by atoms with Crippen molar-refractivity contribution in [2.24, 2.45) is 7.05 Å². The number of hydrogen-bond donors (Lipinski definition) is 12. The van der Waals surface area contributed by atoms with Crippen LogP contribution in [-0.4, -0.2) is 207 Å². The molecule has 5 aliphatic rings. The Bertz CT molecular complexity index is 3570. The molecule has 16 N–H and O–H groups in total. The van der Waals surface area contributed by atoms with E-state index in [1.165, 1.54) is 42.6 Å². The molecule has 0 spiro atoms. The Morgan fingerprint density at radius 1 is 0.617 bits per heavy atom. The van der Waals surface area contributed by atoms with Crippen molar-refractivity contribution in [2.45, 2.75) is 106 Å². The summed E-state index contributed by atoms with van der Waals surface area (Å²) < 4.78 is 44.2. The zero-order chi connectivity index (χ0) is 58.1. The van der Waals surface area contributed by atoms with Gasteiger partial charge in [-0.1, -0.05) is 0 Å². The fraction of sp³-hybridized carbons (Fsp3) is 0.556. The van der Waals surface area contributed by atoms with Crippen LogP contribution >= 0.6 is 0 Å². The third-order valence-electron chi connectivity index (χ3n) is 13.9. The number of nitrogens with zero attached hydrogens (tertiary/aromatic N) is 13. The maximum Gasteiger partial charge on any atom is 0.282 e. The first kappa shape index (κ1) is 57.8. The van der Waals surface area contributed by atoms with Crippen LogP contribution in [0.3, 0.4) is 0 Å². The van der Waals surface area contributed by atoms with Crippen LogP contribution in [0.1, 0.15) is 49.9 Å². The predicted octanol–water partition coefficient (Wildman–Crippen LogP) is -5.23. The van der Waals surface area contributed by atoms with Gasteiger partial charge in [0.15, 0.2) is 39.3 Å². The number of aromatic amines is 2. The number of nitrogens with one attached hydrogen (secondary N) is 2. The molecule has 7 aromatic rings. The molecule has 1 amide bonds. The average molecular weight is 1140 g/mol. The molecule has 5 aliphatic heterocycles. The van der Waals surface area contributed by atoms with Gasteiger partial charge in [-0.25, -0.2) is 15.0 Å². The smallest absolute Gasteiger partial charge is 0.282 e. The van der Waals surface area contributed by atoms with Gasteiger partial charge in [-0.15, -0.1) is 0 Å². The standard InChI is InChI=1S/C12H17N5O4.2C11H15N5O4.C11H14N4O5/c1-19-4-7-6(20-2)3-8(21-7)17-5-14-9-10(17)15-12(13)16-11(9)18;1-19-10-8-9(14-11(12)15-10)16(4-13-8)7-2-5(18)6(3-17)20-7;1-15-10(19)8-9(14-11(15)12)16(4-13-8)7-2-5(18)6(3-17)20-7;12-11-13-9-4(10(19)14-11)1-7(18)15(9)8-2-5(17)6(3-16)20-8/h5-8H,3-4H2,1-2H3,(H3,13,15,16,18);4-7,17-18H,2-3H2,1H3,(H2,12,14,15);4-7,17-18H,2-3H2,1H3,(H2,12,14);5-6,8,16-17H,1-3H2,(H3,12,13,14,19)/t6?,7-,8-;2*5-,6-,7-;5-,6-,8-/m1111/s1. The molecule has 438 valence electrons. The van der Waals surface area contributed by atoms with Crippen LogP contribution in [0.4, 0.5) is 29.6 Å². The Kier molecular flexibility index (Phi) is 17.2. The topological polar surface area (TPSA) is 516 Å². The summed E-state index contributed by atoms with van der Waals surface area (Å²) in [6.07, 6.45) is -0.979. The van der Waals surface area contributed by atoms with Crippen molar-refractivity contribution in [1.82, 2.24) is 68.1 Å². The second-order valence-electron chi connectivity index (χ2n) is 19.0. The SMILES string of the molecule is COC[C@H]1O[C@@H](n2cnc3c(=O)[nH]c(N)nc32)CC1OC.COc1nc(N)nc2c1ncn2[C@H]1C[C@@H](O)[C@@H](CO)O1.Cn1c(N)nc2c(ncn2[C@H]2C[C@@H](O)[C@@H](CO)O2)c1=O.Nc1nc2c(c(=O)[nH]1)CC(=O)N2[C@H]1C[C@@H](O)[C@@H](CO)O1. The number of fused-ring (bicyclic) bond motifs is 4. The Balaban J connectivity index is 0.000000130. The molecular weight excluding hydrogens is 1080 g/mol. The minimum atomic E-state index is -0.874. The molecule has 1 unspecified atom stereocenters. The Labute approximate surface area is 454 Å². The molecule has 12 atom stereocenters. The van der Waals surface area contributed by atoms with Crippen molar-refractivity contribution >= 4 is 69.0 Å². The lowest BCUT2D eigenvalue weighted by Crippen LogP contribution is -2.38. The Morgan fingerprint density at radius 3 is 1.67 bits per heavy atom. The van der Waals surface area contributed by atoms with Gasteiger partial charge in [0.2, 0.25) is 35.6 Å². The normalized spacial score (nSPS) is 26.8. The van der Waals surface area contributed by atoms with Crippen molar-refractivity contribution in [3.63, 3.8) is 0 Å². The molecule has 12 heterocycles. The summed E-state index contributed by atoms with van der Waals surface area (Å²) >= 11 is 0. The van der Waals surface area contributed by atoms with Crippen molar-refractivity contribution in [1.29, 1.82) is 0 Å². The minimum absolute atomic E-state index is 0.0454. The zero-order valence-corrected chi connectivity index (χ0v) is 43.8. The first-order valence-electron chi connectivity index (χ1n) is 25.0. The van der Waals surface area contributed by atoms with Gasteiger partial charge >= 0.3 is 0 Å². The van der Waals surface area contributed by atoms with E-state index in [-0.39, 0.29) is 127 Å². The highest BCUT2D eigenvalue weighted by atomic mass is 16.6. The number of carbonyl (C=O) groups excluding carboxylic acids is 1. The van der Waals surface area contributed by atoms with Crippen molar-refractivity contribution < 1.29 is 68.6 Å². The van der Waals surface area contributed by atoms with E-state index in [0.717, 1.165) is 0 Å². The number of rotatable bonds is 11. The molecule has 0 bridgehead atoms. The Morgan fingerprint density at radius 2 is 1.11 bits per heavy atom. The minimum Gasteiger partial charge on any atom is -0.479 e. The highest BCUT2D eigenvalue weighted by molar-refractivity contribution is 6.00. The number of amides is 1. The van der Waals surface area contributed by atoms with Crippen molar-refractivity contribution in [2.75, 3.05) is 75.6 Å². The van der Waals surface area contributed by atoms with Gasteiger partial charge in [0.05, 0.1) is 88.9 Å². The number of aromatic nitrogens is 14. The van der Waals surface area contributed by atoms with Crippen molar-refractivity contribution in [3.05, 3.63) is 55.6 Å². The van der Waals surface area contributed by atoms with Gasteiger partial charge in [-0.2, -0.15) is 24.9 Å². The molecule has 0 saturated carbocycles. The molecule has 0 aliphatic carbocycles. The van der Waals surface area contributed by atoms with E-state index in [2.05, 4.69) is 49.8 Å². The number of aliphatic hydroxyl groups excluding tert-OH is 6. The van der Waals surface area contributed by atoms with Crippen LogP contribution in [0.15, 0.2) is 33.4 Å². The number of carbonyl (C=O) groups is 1. The molecule has 12 rings (SSSR count). The van der Waals surface area contributed by atoms with Gasteiger partial charge in [-0.05, 0) is 0 Å². The highest BCUT2D eigenvalue weighted by Crippen LogP contribution is 2.36. The number of methoxy groups -OCH3 is 3. The molecule has 81 heavy (non-hydrogen) atoms. The van der Waals surface area contributed by atoms with Crippen LogP contribution in [0.25, 0.3) is 33.5 Å². The van der Waals surface area contributed by atoms with E-state index in [4.69, 9.17) is 71.4 Å². The predicted molar refractivity (Wildman–Crippen MR) is 277 cm³/mol. The lowest BCUT2D eigenvalue weighted by molar-refractivity contribution is -0.120. The monoisotopic (exact) mass is 1140 g/mol. The average Bonchev–Trinajstić information content (AvgIpc) is 4.51. The van der Waals surface area contributed by atoms with Crippen LogP contribution in [-0.2, 0) is 46.7 Å². The van der Waals surface area contributed by atoms with E-state index in [1.807, 2.05) is 0 Å². The number of ether oxygens (including phenoxy) is 7. The first-order valence-corrected chi connectivity index (χ1v) is 25.0. The summed E-state index contributed by atoms with van der Waals surface area (Å²) in [4.78, 5) is 86.1. The van der Waals surface area contributed by atoms with Gasteiger partial charge in [0, 0.05) is 47.0 Å². The summed E-state index contributed by atoms with van der Waals surface area (Å²) in [7, 11) is 6.22. The number of nitrogens with two attached hydrogens (primary N) is 4. The molecule has 7 aromatic heterocycles. The number of anilines is 5. The van der Waals surface area contributed by atoms with E-state index in [1.54, 1.807) is 27.9 Å². The van der Waals surface area contributed by atoms with E-state index < -0.39 is 60.9 Å². The maximum absolute atomic E-state index is 12.1. The largest absolute Gasteiger partial charge is 0.479 e. The Hall–Kier alpha value is -7.88. The first-order chi connectivity index (χ1) is 38.8. The number of H-pyrrole nitrogens is 2. The summed E-state index contributed by atoms with van der Waals surface area (Å²) in [5, 5.41) is 56.5. The van der Waals surface area contributed by atoms with Gasteiger partial charge in [-0.3, -0.25) is 52.3 Å². The zero-order valence-electron chi connectivity index (χ0n) is 43.8. The van der Waals surface area contributed by atoms with Crippen molar-refractivity contribution in [3.8, 4) is 5.88 Å². The maximum atomic E-state index is 12.1. The molecule has 4 fully saturated rings. The lowest BCUT2D eigenvalue weighted by Gasteiger charge is -2.23. The molecule has 36 heteroatoms. The number of aliphatic hydroxyl groups is 6. The van der Waals surface area contributed by atoms with E-state index in [9.17, 15) is 34.5 Å². The molecule has 4 saturated heterocycles. The van der Waals surface area contributed by atoms with Crippen LogP contribution in [0.5, 0.6) is 5.88 Å². The number of hydrogen-bond acceptors (Lipinski definition) is 29. The van der Waals surface area contributed by atoms with Crippen LogP contribution in [0.2, 0.25) is 0 Å². The third-order valence-corrected chi connectivity index (χ3v) is 13.9. The highest BCUT2D eigenvalue weighted by Gasteiger charge is 2.44. The van der Waals surface area contributed by atoms with Crippen LogP contribution in [0, 0.1) is 0 Å². The third kappa shape index (κ3) is 11.4.